The molecule has 0 saturated carbocycles. The lowest BCUT2D eigenvalue weighted by Crippen LogP contribution is -2.18. The smallest absolute Gasteiger partial charge is 0.416 e. The maximum absolute atomic E-state index is 12.7. The topological polar surface area (TPSA) is 26.3 Å². The molecule has 0 aliphatic heterocycles. The Morgan fingerprint density at radius 3 is 1.91 bits per heavy atom. The fraction of sp³-hybridized carbons (Fsp3) is 0.533. The normalized spacial score (nSPS) is 13.7. The second-order valence-electron chi connectivity index (χ2n) is 5.15. The van der Waals surface area contributed by atoms with Crippen molar-refractivity contribution in [3.05, 3.63) is 34.9 Å². The van der Waals surface area contributed by atoms with Crippen LogP contribution in [0.25, 0.3) is 0 Å². The molecule has 0 heterocycles. The second-order valence-corrected chi connectivity index (χ2v) is 5.15. The van der Waals surface area contributed by atoms with E-state index in [1.165, 1.54) is 6.92 Å². The molecule has 0 saturated heterocycles. The van der Waals surface area contributed by atoms with Gasteiger partial charge < -0.3 is 4.74 Å². The highest BCUT2D eigenvalue weighted by Crippen LogP contribution is 2.36. The molecule has 130 valence electrons. The van der Waals surface area contributed by atoms with Gasteiger partial charge in [0.2, 0.25) is 0 Å². The number of esters is 1. The van der Waals surface area contributed by atoms with Gasteiger partial charge in [0.1, 0.15) is 0 Å². The Morgan fingerprint density at radius 1 is 1.04 bits per heavy atom. The standard InChI is InChI=1S/C15H16F6O2/c1-3-4-5-9(2)23-13(22)10-6-11(14(16,17)18)8-12(7-10)15(19,20)21/h6-9H,3-5H2,1-2H3. The summed E-state index contributed by atoms with van der Waals surface area (Å²) in [5.74, 6) is -1.20. The SMILES string of the molecule is CCCCC(C)OC(=O)c1cc(C(F)(F)F)cc(C(F)(F)F)c1. The minimum Gasteiger partial charge on any atom is -0.459 e. The molecule has 8 heteroatoms. The van der Waals surface area contributed by atoms with Crippen molar-refractivity contribution in [2.45, 2.75) is 51.6 Å². The summed E-state index contributed by atoms with van der Waals surface area (Å²) in [7, 11) is 0. The van der Waals surface area contributed by atoms with Gasteiger partial charge in [0.25, 0.3) is 0 Å². The van der Waals surface area contributed by atoms with E-state index >= 15 is 0 Å². The maximum atomic E-state index is 12.7. The summed E-state index contributed by atoms with van der Waals surface area (Å²) in [4.78, 5) is 11.8. The molecule has 1 rings (SSSR count). The van der Waals surface area contributed by atoms with Crippen LogP contribution >= 0.6 is 0 Å². The number of alkyl halides is 6. The first kappa shape index (κ1) is 19.3. The molecule has 0 spiro atoms. The van der Waals surface area contributed by atoms with Crippen LogP contribution in [-0.4, -0.2) is 12.1 Å². The quantitative estimate of drug-likeness (QED) is 0.525. The minimum absolute atomic E-state index is 0.0305. The van der Waals surface area contributed by atoms with Crippen LogP contribution in [0.15, 0.2) is 18.2 Å². The summed E-state index contributed by atoms with van der Waals surface area (Å²) in [6, 6.07) is 0.700. The molecule has 0 bridgehead atoms. The molecular weight excluding hydrogens is 326 g/mol. The highest BCUT2D eigenvalue weighted by Gasteiger charge is 2.37. The third kappa shape index (κ3) is 5.76. The van der Waals surface area contributed by atoms with Gasteiger partial charge in [-0.3, -0.25) is 0 Å². The van der Waals surface area contributed by atoms with E-state index in [9.17, 15) is 31.1 Å². The highest BCUT2D eigenvalue weighted by atomic mass is 19.4. The summed E-state index contributed by atoms with van der Waals surface area (Å²) >= 11 is 0. The van der Waals surface area contributed by atoms with Crippen molar-refractivity contribution < 1.29 is 35.9 Å². The highest BCUT2D eigenvalue weighted by molar-refractivity contribution is 5.90. The Kier molecular flexibility index (Phi) is 6.07. The van der Waals surface area contributed by atoms with Gasteiger partial charge in [0.15, 0.2) is 0 Å². The molecule has 23 heavy (non-hydrogen) atoms. The average Bonchev–Trinajstić information content (AvgIpc) is 2.42. The van der Waals surface area contributed by atoms with Crippen molar-refractivity contribution in [2.75, 3.05) is 0 Å². The first-order valence-corrected chi connectivity index (χ1v) is 6.95. The van der Waals surface area contributed by atoms with Gasteiger partial charge in [-0.1, -0.05) is 19.8 Å². The number of ether oxygens (including phenoxy) is 1. The third-order valence-electron chi connectivity index (χ3n) is 3.10. The Hall–Kier alpha value is -1.73. The van der Waals surface area contributed by atoms with E-state index in [0.717, 1.165) is 12.8 Å². The van der Waals surface area contributed by atoms with Crippen molar-refractivity contribution in [3.8, 4) is 0 Å². The maximum Gasteiger partial charge on any atom is 0.416 e. The van der Waals surface area contributed by atoms with Crippen molar-refractivity contribution in [2.24, 2.45) is 0 Å². The van der Waals surface area contributed by atoms with Crippen LogP contribution in [0.5, 0.6) is 0 Å². The third-order valence-corrected chi connectivity index (χ3v) is 3.10. The number of carbonyl (C=O) groups excluding carboxylic acids is 1. The number of hydrogen-bond donors (Lipinski definition) is 0. The van der Waals surface area contributed by atoms with Crippen LogP contribution in [0.4, 0.5) is 26.3 Å². The van der Waals surface area contributed by atoms with E-state index in [4.69, 9.17) is 4.74 Å². The fourth-order valence-electron chi connectivity index (χ4n) is 1.87. The van der Waals surface area contributed by atoms with E-state index in [2.05, 4.69) is 0 Å². The molecule has 0 aliphatic carbocycles. The molecule has 1 unspecified atom stereocenters. The van der Waals surface area contributed by atoms with Crippen LogP contribution in [0, 0.1) is 0 Å². The second kappa shape index (κ2) is 7.23. The van der Waals surface area contributed by atoms with Crippen molar-refractivity contribution in [1.82, 2.24) is 0 Å². The Labute approximate surface area is 129 Å². The van der Waals surface area contributed by atoms with Crippen LogP contribution in [0.3, 0.4) is 0 Å². The summed E-state index contributed by atoms with van der Waals surface area (Å²) < 4.78 is 81.2. The van der Waals surface area contributed by atoms with E-state index in [-0.39, 0.29) is 6.07 Å². The molecule has 0 amide bonds. The zero-order chi connectivity index (χ0) is 17.8. The number of rotatable bonds is 5. The summed E-state index contributed by atoms with van der Waals surface area (Å²) in [6.07, 6.45) is -8.55. The lowest BCUT2D eigenvalue weighted by atomic mass is 10.0. The Balaban J connectivity index is 3.12. The lowest BCUT2D eigenvalue weighted by molar-refractivity contribution is -0.143. The van der Waals surface area contributed by atoms with Crippen LogP contribution in [-0.2, 0) is 17.1 Å². The van der Waals surface area contributed by atoms with Gasteiger partial charge in [-0.2, -0.15) is 26.3 Å². The lowest BCUT2D eigenvalue weighted by Gasteiger charge is -2.16. The van der Waals surface area contributed by atoms with Crippen molar-refractivity contribution >= 4 is 5.97 Å². The minimum atomic E-state index is -5.00. The first-order valence-electron chi connectivity index (χ1n) is 6.95. The molecule has 0 N–H and O–H groups in total. The molecule has 0 radical (unpaired) electrons. The van der Waals surface area contributed by atoms with Crippen LogP contribution < -0.4 is 0 Å². The zero-order valence-electron chi connectivity index (χ0n) is 12.5. The largest absolute Gasteiger partial charge is 0.459 e. The number of benzene rings is 1. The molecule has 0 aromatic heterocycles. The number of hydrogen-bond acceptors (Lipinski definition) is 2. The van der Waals surface area contributed by atoms with E-state index < -0.39 is 41.1 Å². The Bertz CT molecular complexity index is 516. The van der Waals surface area contributed by atoms with Crippen molar-refractivity contribution in [1.29, 1.82) is 0 Å². The predicted molar refractivity (Wildman–Crippen MR) is 70.8 cm³/mol. The summed E-state index contributed by atoms with van der Waals surface area (Å²) in [6.45, 7) is 3.43. The van der Waals surface area contributed by atoms with E-state index in [0.29, 0.717) is 18.6 Å². The predicted octanol–water partition coefficient (Wildman–Crippen LogP) is 5.46. The first-order chi connectivity index (χ1) is 10.4. The average molecular weight is 342 g/mol. The molecule has 0 fully saturated rings. The van der Waals surface area contributed by atoms with E-state index in [1.807, 2.05) is 6.92 Å². The number of carbonyl (C=O) groups is 1. The molecule has 0 aliphatic rings. The number of unbranched alkanes of at least 4 members (excludes halogenated alkanes) is 1. The zero-order valence-corrected chi connectivity index (χ0v) is 12.5. The summed E-state index contributed by atoms with van der Waals surface area (Å²) in [5.41, 5.74) is -3.85. The Morgan fingerprint density at radius 2 is 1.52 bits per heavy atom. The molecule has 1 aromatic rings. The van der Waals surface area contributed by atoms with E-state index in [1.54, 1.807) is 0 Å². The molecular formula is C15H16F6O2. The van der Waals surface area contributed by atoms with Crippen LogP contribution in [0.2, 0.25) is 0 Å². The summed E-state index contributed by atoms with van der Waals surface area (Å²) in [5, 5.41) is 0. The van der Waals surface area contributed by atoms with Gasteiger partial charge in [-0.25, -0.2) is 4.79 Å². The molecule has 1 atom stereocenters. The van der Waals surface area contributed by atoms with Gasteiger partial charge >= 0.3 is 18.3 Å². The van der Waals surface area contributed by atoms with Crippen LogP contribution in [0.1, 0.15) is 54.6 Å². The molecule has 2 nitrogen and oxygen atoms in total. The fourth-order valence-corrected chi connectivity index (χ4v) is 1.87. The van der Waals surface area contributed by atoms with Gasteiger partial charge in [-0.05, 0) is 31.5 Å². The van der Waals surface area contributed by atoms with Crippen molar-refractivity contribution in [3.63, 3.8) is 0 Å². The molecule has 1 aromatic carbocycles. The van der Waals surface area contributed by atoms with Gasteiger partial charge in [0, 0.05) is 0 Å². The number of halogens is 6. The van der Waals surface area contributed by atoms with Gasteiger partial charge in [0.05, 0.1) is 22.8 Å². The monoisotopic (exact) mass is 342 g/mol. The van der Waals surface area contributed by atoms with Gasteiger partial charge in [-0.15, -0.1) is 0 Å².